The molecular formula is C19H20O5. The molecule has 0 amide bonds. The minimum absolute atomic E-state index is 0.375. The van der Waals surface area contributed by atoms with Gasteiger partial charge >= 0.3 is 5.97 Å². The van der Waals surface area contributed by atoms with E-state index in [0.717, 1.165) is 22.6 Å². The van der Waals surface area contributed by atoms with Gasteiger partial charge < -0.3 is 18.9 Å². The maximum absolute atomic E-state index is 11.8. The Hall–Kier alpha value is -2.95. The fraction of sp³-hybridized carbons (Fsp3) is 0.211. The first-order chi connectivity index (χ1) is 11.6. The molecule has 5 nitrogen and oxygen atoms in total. The predicted octanol–water partition coefficient (Wildman–Crippen LogP) is 3.67. The normalized spacial score (nSPS) is 10.5. The largest absolute Gasteiger partial charge is 0.497 e. The van der Waals surface area contributed by atoms with Crippen molar-refractivity contribution in [2.45, 2.75) is 0 Å². The van der Waals surface area contributed by atoms with Crippen LogP contribution in [-0.2, 0) is 4.74 Å². The highest BCUT2D eigenvalue weighted by atomic mass is 16.5. The lowest BCUT2D eigenvalue weighted by Crippen LogP contribution is -2.04. The zero-order chi connectivity index (χ0) is 17.5. The van der Waals surface area contributed by atoms with Crippen molar-refractivity contribution in [3.63, 3.8) is 0 Å². The molecule has 0 bridgehead atoms. The van der Waals surface area contributed by atoms with Gasteiger partial charge in [-0.2, -0.15) is 0 Å². The fourth-order valence-electron chi connectivity index (χ4n) is 2.25. The van der Waals surface area contributed by atoms with Crippen molar-refractivity contribution in [2.75, 3.05) is 28.4 Å². The second-order valence-electron chi connectivity index (χ2n) is 4.89. The Balaban J connectivity index is 2.37. The van der Waals surface area contributed by atoms with E-state index < -0.39 is 5.97 Å². The highest BCUT2D eigenvalue weighted by Crippen LogP contribution is 2.27. The molecule has 2 aromatic rings. The van der Waals surface area contributed by atoms with Crippen LogP contribution in [0.2, 0.25) is 0 Å². The van der Waals surface area contributed by atoms with Crippen LogP contribution < -0.4 is 14.2 Å². The van der Waals surface area contributed by atoms with Gasteiger partial charge in [0, 0.05) is 5.56 Å². The number of ether oxygens (including phenoxy) is 4. The third-order valence-corrected chi connectivity index (χ3v) is 3.52. The minimum Gasteiger partial charge on any atom is -0.497 e. The van der Waals surface area contributed by atoms with Crippen LogP contribution in [0, 0.1) is 0 Å². The average molecular weight is 328 g/mol. The lowest BCUT2D eigenvalue weighted by atomic mass is 10.1. The van der Waals surface area contributed by atoms with Crippen molar-refractivity contribution in [3.8, 4) is 17.2 Å². The quantitative estimate of drug-likeness (QED) is 0.598. The van der Waals surface area contributed by atoms with Crippen LogP contribution in [0.25, 0.3) is 12.2 Å². The van der Waals surface area contributed by atoms with Gasteiger partial charge in [0.15, 0.2) is 0 Å². The van der Waals surface area contributed by atoms with E-state index >= 15 is 0 Å². The molecule has 0 fully saturated rings. The van der Waals surface area contributed by atoms with Gasteiger partial charge in [0.1, 0.15) is 22.8 Å². The molecule has 0 saturated carbocycles. The van der Waals surface area contributed by atoms with Crippen LogP contribution in [0.5, 0.6) is 17.2 Å². The van der Waals surface area contributed by atoms with E-state index in [1.165, 1.54) is 14.2 Å². The standard InChI is InChI=1S/C19H20O5/c1-21-15-8-10-17(22-2)14(12-15)7-5-13-6-9-18(23-3)16(11-13)19(20)24-4/h5-12H,1-4H3/b7-5-. The van der Waals surface area contributed by atoms with Crippen LogP contribution in [0.4, 0.5) is 0 Å². The van der Waals surface area contributed by atoms with Gasteiger partial charge in [-0.25, -0.2) is 4.79 Å². The third kappa shape index (κ3) is 3.87. The molecule has 0 aliphatic heterocycles. The number of esters is 1. The number of carbonyl (C=O) groups is 1. The molecule has 0 atom stereocenters. The molecule has 0 heterocycles. The van der Waals surface area contributed by atoms with Crippen molar-refractivity contribution in [2.24, 2.45) is 0 Å². The first-order valence-corrected chi connectivity index (χ1v) is 7.29. The maximum Gasteiger partial charge on any atom is 0.341 e. The molecule has 0 aliphatic carbocycles. The van der Waals surface area contributed by atoms with Crippen molar-refractivity contribution < 1.29 is 23.7 Å². The van der Waals surface area contributed by atoms with E-state index in [-0.39, 0.29) is 0 Å². The first kappa shape index (κ1) is 17.4. The fourth-order valence-corrected chi connectivity index (χ4v) is 2.25. The molecule has 24 heavy (non-hydrogen) atoms. The molecule has 0 saturated heterocycles. The van der Waals surface area contributed by atoms with Gasteiger partial charge in [0.2, 0.25) is 0 Å². The van der Waals surface area contributed by atoms with Gasteiger partial charge in [-0.1, -0.05) is 18.2 Å². The summed E-state index contributed by atoms with van der Waals surface area (Å²) in [5.41, 5.74) is 2.08. The highest BCUT2D eigenvalue weighted by Gasteiger charge is 2.12. The van der Waals surface area contributed by atoms with Crippen molar-refractivity contribution >= 4 is 18.1 Å². The highest BCUT2D eigenvalue weighted by molar-refractivity contribution is 5.93. The van der Waals surface area contributed by atoms with Gasteiger partial charge in [-0.15, -0.1) is 0 Å². The third-order valence-electron chi connectivity index (χ3n) is 3.52. The van der Waals surface area contributed by atoms with Crippen LogP contribution in [0.15, 0.2) is 36.4 Å². The van der Waals surface area contributed by atoms with Gasteiger partial charge in [0.05, 0.1) is 28.4 Å². The molecule has 0 radical (unpaired) electrons. The molecule has 0 aromatic heterocycles. The number of methoxy groups -OCH3 is 4. The lowest BCUT2D eigenvalue weighted by molar-refractivity contribution is 0.0597. The summed E-state index contributed by atoms with van der Waals surface area (Å²) in [6.45, 7) is 0. The Kier molecular flexibility index (Phi) is 5.84. The number of hydrogen-bond acceptors (Lipinski definition) is 5. The van der Waals surface area contributed by atoms with E-state index in [1.807, 2.05) is 36.4 Å². The zero-order valence-electron chi connectivity index (χ0n) is 14.2. The SMILES string of the molecule is COC(=O)c1cc(/C=C\c2cc(OC)ccc2OC)ccc1OC. The summed E-state index contributed by atoms with van der Waals surface area (Å²) >= 11 is 0. The summed E-state index contributed by atoms with van der Waals surface area (Å²) in [6.07, 6.45) is 3.77. The monoisotopic (exact) mass is 328 g/mol. The van der Waals surface area contributed by atoms with E-state index in [4.69, 9.17) is 18.9 Å². The molecule has 0 unspecified atom stereocenters. The van der Waals surface area contributed by atoms with Crippen LogP contribution in [0.3, 0.4) is 0 Å². The topological polar surface area (TPSA) is 54.0 Å². The zero-order valence-corrected chi connectivity index (χ0v) is 14.2. The van der Waals surface area contributed by atoms with Crippen LogP contribution in [0.1, 0.15) is 21.5 Å². The summed E-state index contributed by atoms with van der Waals surface area (Å²) in [5, 5.41) is 0. The van der Waals surface area contributed by atoms with Gasteiger partial charge in [-0.3, -0.25) is 0 Å². The first-order valence-electron chi connectivity index (χ1n) is 7.29. The Labute approximate surface area is 141 Å². The Morgan fingerprint density at radius 2 is 1.54 bits per heavy atom. The van der Waals surface area contributed by atoms with E-state index in [0.29, 0.717) is 11.3 Å². The van der Waals surface area contributed by atoms with Gasteiger partial charge in [-0.05, 0) is 35.9 Å². The van der Waals surface area contributed by atoms with Crippen LogP contribution >= 0.6 is 0 Å². The summed E-state index contributed by atoms with van der Waals surface area (Å²) in [6, 6.07) is 10.8. The number of benzene rings is 2. The molecule has 5 heteroatoms. The Bertz CT molecular complexity index is 749. The number of carbonyl (C=O) groups excluding carboxylic acids is 1. The second kappa shape index (κ2) is 8.06. The number of hydrogen-bond donors (Lipinski definition) is 0. The molecule has 0 spiro atoms. The maximum atomic E-state index is 11.8. The smallest absolute Gasteiger partial charge is 0.341 e. The minimum atomic E-state index is -0.443. The Morgan fingerprint density at radius 3 is 2.17 bits per heavy atom. The molecule has 2 aromatic carbocycles. The van der Waals surface area contributed by atoms with E-state index in [2.05, 4.69) is 0 Å². The summed E-state index contributed by atoms with van der Waals surface area (Å²) < 4.78 is 20.6. The average Bonchev–Trinajstić information content (AvgIpc) is 2.65. The van der Waals surface area contributed by atoms with Crippen molar-refractivity contribution in [1.29, 1.82) is 0 Å². The molecular weight excluding hydrogens is 308 g/mol. The molecule has 126 valence electrons. The second-order valence-corrected chi connectivity index (χ2v) is 4.89. The van der Waals surface area contributed by atoms with E-state index in [9.17, 15) is 4.79 Å². The van der Waals surface area contributed by atoms with E-state index in [1.54, 1.807) is 26.4 Å². The van der Waals surface area contributed by atoms with Crippen molar-refractivity contribution in [1.82, 2.24) is 0 Å². The van der Waals surface area contributed by atoms with Crippen molar-refractivity contribution in [3.05, 3.63) is 53.1 Å². The molecule has 0 aliphatic rings. The lowest BCUT2D eigenvalue weighted by Gasteiger charge is -2.08. The molecule has 0 N–H and O–H groups in total. The summed E-state index contributed by atoms with van der Waals surface area (Å²) in [5.74, 6) is 1.49. The van der Waals surface area contributed by atoms with Gasteiger partial charge in [0.25, 0.3) is 0 Å². The van der Waals surface area contributed by atoms with Crippen LogP contribution in [-0.4, -0.2) is 34.4 Å². The molecule has 2 rings (SSSR count). The summed E-state index contributed by atoms with van der Waals surface area (Å²) in [7, 11) is 6.08. The Morgan fingerprint density at radius 1 is 0.833 bits per heavy atom. The predicted molar refractivity (Wildman–Crippen MR) is 92.8 cm³/mol. The summed E-state index contributed by atoms with van der Waals surface area (Å²) in [4.78, 5) is 11.8. The number of rotatable bonds is 6.